The summed E-state index contributed by atoms with van der Waals surface area (Å²) in [5, 5.41) is 9.00. The number of benzene rings is 3. The zero-order valence-corrected chi connectivity index (χ0v) is 16.8. The molecule has 0 amide bonds. The lowest BCUT2D eigenvalue weighted by molar-refractivity contribution is 0.0973. The molecule has 5 rings (SSSR count). The van der Waals surface area contributed by atoms with Crippen LogP contribution in [-0.4, -0.2) is 25.8 Å². The third-order valence-electron chi connectivity index (χ3n) is 5.73. The molecule has 0 radical (unpaired) electrons. The van der Waals surface area contributed by atoms with E-state index >= 15 is 0 Å². The first kappa shape index (κ1) is 19.0. The first-order valence-corrected chi connectivity index (χ1v) is 9.71. The summed E-state index contributed by atoms with van der Waals surface area (Å²) in [5.41, 5.74) is 3.24. The van der Waals surface area contributed by atoms with E-state index in [0.717, 1.165) is 5.56 Å². The van der Waals surface area contributed by atoms with Gasteiger partial charge in [-0.2, -0.15) is 5.26 Å². The van der Waals surface area contributed by atoms with Gasteiger partial charge in [0.25, 0.3) is 0 Å². The minimum Gasteiger partial charge on any atom is -0.496 e. The highest BCUT2D eigenvalue weighted by atomic mass is 16.6. The van der Waals surface area contributed by atoms with Gasteiger partial charge < -0.3 is 14.2 Å². The normalized spacial score (nSPS) is 18.6. The second kappa shape index (κ2) is 7.08. The van der Waals surface area contributed by atoms with Crippen molar-refractivity contribution in [3.05, 3.63) is 93.5 Å². The fraction of sp³-hybridized carbons (Fsp3) is 0.160. The molecule has 0 saturated carbocycles. The van der Waals surface area contributed by atoms with E-state index in [-0.39, 0.29) is 34.9 Å². The van der Waals surface area contributed by atoms with Crippen LogP contribution in [0.2, 0.25) is 0 Å². The van der Waals surface area contributed by atoms with Crippen molar-refractivity contribution in [2.75, 3.05) is 14.2 Å². The average Bonchev–Trinajstić information content (AvgIpc) is 3.62. The number of carbonyl (C=O) groups is 2. The van der Waals surface area contributed by atoms with Crippen molar-refractivity contribution in [3.63, 3.8) is 0 Å². The first-order chi connectivity index (χ1) is 15.1. The van der Waals surface area contributed by atoms with Crippen molar-refractivity contribution in [1.29, 1.82) is 5.26 Å². The third kappa shape index (κ3) is 2.82. The number of epoxide rings is 1. The highest BCUT2D eigenvalue weighted by Gasteiger charge is 2.46. The van der Waals surface area contributed by atoms with E-state index in [1.165, 1.54) is 14.2 Å². The van der Waals surface area contributed by atoms with Gasteiger partial charge in [-0.15, -0.1) is 0 Å². The minimum atomic E-state index is -0.359. The molecule has 31 heavy (non-hydrogen) atoms. The van der Waals surface area contributed by atoms with E-state index in [1.54, 1.807) is 42.5 Å². The standard InChI is InChI=1S/C25H17NO5/c1-29-18-11-17(25-23(31-25)14-9-7-13(12-26)8-10-14)24(30-2)20-19(18)21(27)15-5-3-4-6-16(15)22(20)28/h3-11,23,25H,1-2H3. The number of methoxy groups -OCH3 is 2. The predicted octanol–water partition coefficient (Wildman–Crippen LogP) is 4.16. The summed E-state index contributed by atoms with van der Waals surface area (Å²) in [5.74, 6) is 0.0857. The molecule has 6 nitrogen and oxygen atoms in total. The Morgan fingerprint density at radius 1 is 0.871 bits per heavy atom. The molecule has 1 saturated heterocycles. The lowest BCUT2D eigenvalue weighted by atomic mass is 9.81. The number of carbonyl (C=O) groups excluding carboxylic acids is 2. The lowest BCUT2D eigenvalue weighted by Gasteiger charge is -2.23. The maximum absolute atomic E-state index is 13.4. The third-order valence-corrected chi connectivity index (χ3v) is 5.73. The number of nitriles is 1. The van der Waals surface area contributed by atoms with Crippen molar-refractivity contribution in [1.82, 2.24) is 0 Å². The van der Waals surface area contributed by atoms with Gasteiger partial charge >= 0.3 is 0 Å². The molecule has 3 aromatic carbocycles. The fourth-order valence-corrected chi connectivity index (χ4v) is 4.19. The largest absolute Gasteiger partial charge is 0.496 e. The van der Waals surface area contributed by atoms with Crippen LogP contribution in [0.5, 0.6) is 11.5 Å². The molecule has 1 heterocycles. The molecule has 2 unspecified atom stereocenters. The van der Waals surface area contributed by atoms with Crippen LogP contribution < -0.4 is 9.47 Å². The number of hydrogen-bond donors (Lipinski definition) is 0. The summed E-state index contributed by atoms with van der Waals surface area (Å²) >= 11 is 0. The second-order valence-electron chi connectivity index (χ2n) is 7.37. The van der Waals surface area contributed by atoms with E-state index in [4.69, 9.17) is 19.5 Å². The Hall–Kier alpha value is -3.95. The number of rotatable bonds is 4. The Morgan fingerprint density at radius 3 is 2.10 bits per heavy atom. The summed E-state index contributed by atoms with van der Waals surface area (Å²) in [7, 11) is 2.94. The van der Waals surface area contributed by atoms with Crippen molar-refractivity contribution >= 4 is 11.6 Å². The molecule has 2 aliphatic rings. The Kier molecular flexibility index (Phi) is 4.35. The van der Waals surface area contributed by atoms with Gasteiger partial charge in [0.1, 0.15) is 23.7 Å². The summed E-state index contributed by atoms with van der Waals surface area (Å²) in [6.45, 7) is 0. The molecule has 1 aliphatic heterocycles. The number of fused-ring (bicyclic) bond motifs is 2. The molecule has 1 fully saturated rings. The van der Waals surface area contributed by atoms with Crippen LogP contribution in [0.15, 0.2) is 54.6 Å². The SMILES string of the molecule is COc1cc(C2OC2c2ccc(C#N)cc2)c(OC)c2c1C(=O)c1ccccc1C2=O. The summed E-state index contributed by atoms with van der Waals surface area (Å²) < 4.78 is 17.1. The molecular formula is C25H17NO5. The van der Waals surface area contributed by atoms with Crippen LogP contribution >= 0.6 is 0 Å². The number of nitrogens with zero attached hydrogens (tertiary/aromatic N) is 1. The zero-order valence-electron chi connectivity index (χ0n) is 16.8. The first-order valence-electron chi connectivity index (χ1n) is 9.71. The molecule has 3 aromatic rings. The van der Waals surface area contributed by atoms with E-state index < -0.39 is 0 Å². The highest BCUT2D eigenvalue weighted by Crippen LogP contribution is 2.56. The monoisotopic (exact) mass is 411 g/mol. The Labute approximate surface area is 178 Å². The summed E-state index contributed by atoms with van der Waals surface area (Å²) in [6, 6.07) is 17.7. The molecule has 0 aromatic heterocycles. The van der Waals surface area contributed by atoms with Crippen molar-refractivity contribution < 1.29 is 23.8 Å². The van der Waals surface area contributed by atoms with E-state index in [9.17, 15) is 9.59 Å². The highest BCUT2D eigenvalue weighted by molar-refractivity contribution is 6.30. The summed E-state index contributed by atoms with van der Waals surface area (Å²) in [4.78, 5) is 26.6. The van der Waals surface area contributed by atoms with E-state index in [2.05, 4.69) is 6.07 Å². The van der Waals surface area contributed by atoms with Crippen LogP contribution in [0, 0.1) is 11.3 Å². The number of ketones is 2. The molecule has 6 heteroatoms. The fourth-order valence-electron chi connectivity index (χ4n) is 4.19. The van der Waals surface area contributed by atoms with Gasteiger partial charge in [0.05, 0.1) is 37.0 Å². The second-order valence-corrected chi connectivity index (χ2v) is 7.37. The van der Waals surface area contributed by atoms with Gasteiger partial charge in [-0.25, -0.2) is 0 Å². The van der Waals surface area contributed by atoms with Crippen LogP contribution in [0.4, 0.5) is 0 Å². The Bertz CT molecular complexity index is 1290. The lowest BCUT2D eigenvalue weighted by Crippen LogP contribution is -2.23. The Morgan fingerprint density at radius 2 is 1.52 bits per heavy atom. The van der Waals surface area contributed by atoms with Crippen molar-refractivity contribution in [2.24, 2.45) is 0 Å². The molecule has 1 aliphatic carbocycles. The molecular weight excluding hydrogens is 394 g/mol. The van der Waals surface area contributed by atoms with Crippen LogP contribution in [0.1, 0.15) is 60.7 Å². The van der Waals surface area contributed by atoms with Gasteiger partial charge in [0.2, 0.25) is 0 Å². The molecule has 0 spiro atoms. The van der Waals surface area contributed by atoms with Gasteiger partial charge in [0, 0.05) is 16.7 Å². The maximum atomic E-state index is 13.4. The number of hydrogen-bond acceptors (Lipinski definition) is 6. The Balaban J connectivity index is 1.63. The molecule has 0 bridgehead atoms. The van der Waals surface area contributed by atoms with Gasteiger partial charge in [-0.3, -0.25) is 9.59 Å². The average molecular weight is 411 g/mol. The van der Waals surface area contributed by atoms with Gasteiger partial charge in [0.15, 0.2) is 11.6 Å². The van der Waals surface area contributed by atoms with Crippen molar-refractivity contribution in [3.8, 4) is 17.6 Å². The van der Waals surface area contributed by atoms with Crippen LogP contribution in [0.3, 0.4) is 0 Å². The van der Waals surface area contributed by atoms with E-state index in [0.29, 0.717) is 33.8 Å². The zero-order chi connectivity index (χ0) is 21.7. The maximum Gasteiger partial charge on any atom is 0.198 e. The van der Waals surface area contributed by atoms with Crippen LogP contribution in [0.25, 0.3) is 0 Å². The van der Waals surface area contributed by atoms with Crippen LogP contribution in [-0.2, 0) is 4.74 Å². The molecule has 2 atom stereocenters. The summed E-state index contributed by atoms with van der Waals surface area (Å²) in [6.07, 6.45) is -0.603. The smallest absolute Gasteiger partial charge is 0.198 e. The van der Waals surface area contributed by atoms with Gasteiger partial charge in [-0.1, -0.05) is 36.4 Å². The minimum absolute atomic E-state index is 0.203. The quantitative estimate of drug-likeness (QED) is 0.469. The van der Waals surface area contributed by atoms with Crippen molar-refractivity contribution in [2.45, 2.75) is 12.2 Å². The molecule has 152 valence electrons. The molecule has 0 N–H and O–H groups in total. The topological polar surface area (TPSA) is 88.9 Å². The van der Waals surface area contributed by atoms with E-state index in [1.807, 2.05) is 12.1 Å². The number of ether oxygens (including phenoxy) is 3. The predicted molar refractivity (Wildman–Crippen MR) is 111 cm³/mol. The van der Waals surface area contributed by atoms with Gasteiger partial charge in [-0.05, 0) is 23.8 Å².